The van der Waals surface area contributed by atoms with Gasteiger partial charge in [0.2, 0.25) is 0 Å². The summed E-state index contributed by atoms with van der Waals surface area (Å²) in [6.07, 6.45) is 0. The van der Waals surface area contributed by atoms with Crippen LogP contribution in [0.5, 0.6) is 0 Å². The van der Waals surface area contributed by atoms with Crippen LogP contribution in [0.1, 0.15) is 22.3 Å². The highest BCUT2D eigenvalue weighted by molar-refractivity contribution is 7.94. The summed E-state index contributed by atoms with van der Waals surface area (Å²) in [4.78, 5) is 0. The molecular formula is C22H16N4O2S. The number of hydrogen-bond acceptors (Lipinski definition) is 4. The van der Waals surface area contributed by atoms with Crippen molar-refractivity contribution >= 4 is 21.6 Å². The number of nitriles is 2. The van der Waals surface area contributed by atoms with Crippen LogP contribution in [0.4, 0.5) is 11.4 Å². The third-order valence-electron chi connectivity index (χ3n) is 4.88. The van der Waals surface area contributed by atoms with Crippen molar-refractivity contribution in [3.05, 3.63) is 95.1 Å². The summed E-state index contributed by atoms with van der Waals surface area (Å²) in [5.74, 6) is 0. The SMILES string of the molecule is N#Cc1ccccc1CN1c2ccccc2N(Cc2ccccc2C#N)S1(=O)=O. The molecule has 3 aromatic carbocycles. The zero-order valence-corrected chi connectivity index (χ0v) is 16.2. The molecule has 0 saturated heterocycles. The summed E-state index contributed by atoms with van der Waals surface area (Å²) in [5, 5.41) is 18.7. The van der Waals surface area contributed by atoms with Crippen LogP contribution < -0.4 is 8.61 Å². The van der Waals surface area contributed by atoms with E-state index in [1.165, 1.54) is 8.61 Å². The molecule has 0 radical (unpaired) electrons. The molecule has 0 atom stereocenters. The molecule has 0 saturated carbocycles. The number of nitrogens with zero attached hydrogens (tertiary/aromatic N) is 4. The number of rotatable bonds is 4. The second kappa shape index (κ2) is 7.31. The maximum atomic E-state index is 13.4. The lowest BCUT2D eigenvalue weighted by atomic mass is 10.1. The smallest absolute Gasteiger partial charge is 0.247 e. The van der Waals surface area contributed by atoms with Crippen molar-refractivity contribution in [1.82, 2.24) is 0 Å². The zero-order valence-electron chi connectivity index (χ0n) is 15.4. The predicted octanol–water partition coefficient (Wildman–Crippen LogP) is 3.70. The Bertz CT molecular complexity index is 1180. The van der Waals surface area contributed by atoms with Crippen LogP contribution in [0, 0.1) is 22.7 Å². The van der Waals surface area contributed by atoms with Gasteiger partial charge in [0.25, 0.3) is 0 Å². The molecule has 0 N–H and O–H groups in total. The Labute approximate surface area is 169 Å². The molecule has 0 bridgehead atoms. The predicted molar refractivity (Wildman–Crippen MR) is 110 cm³/mol. The van der Waals surface area contributed by atoms with Crippen molar-refractivity contribution in [2.45, 2.75) is 13.1 Å². The van der Waals surface area contributed by atoms with Gasteiger partial charge >= 0.3 is 10.2 Å². The Hall–Kier alpha value is -3.81. The molecule has 0 fully saturated rings. The monoisotopic (exact) mass is 400 g/mol. The first-order valence-corrected chi connectivity index (χ1v) is 10.3. The van der Waals surface area contributed by atoms with E-state index in [2.05, 4.69) is 12.1 Å². The van der Waals surface area contributed by atoms with E-state index in [4.69, 9.17) is 0 Å². The molecule has 1 aliphatic heterocycles. The fourth-order valence-electron chi connectivity index (χ4n) is 3.43. The maximum absolute atomic E-state index is 13.4. The number of benzene rings is 3. The number of hydrogen-bond donors (Lipinski definition) is 0. The summed E-state index contributed by atoms with van der Waals surface area (Å²) in [6, 6.07) is 25.2. The third-order valence-corrected chi connectivity index (χ3v) is 6.65. The minimum Gasteiger partial charge on any atom is -0.247 e. The molecule has 0 amide bonds. The van der Waals surface area contributed by atoms with Crippen LogP contribution in [0.2, 0.25) is 0 Å². The summed E-state index contributed by atoms with van der Waals surface area (Å²) in [6.45, 7) is 0.110. The normalized spacial score (nSPS) is 14.1. The molecule has 1 aliphatic rings. The summed E-state index contributed by atoms with van der Waals surface area (Å²) in [7, 11) is -3.89. The highest BCUT2D eigenvalue weighted by atomic mass is 32.2. The number of fused-ring (bicyclic) bond motifs is 1. The van der Waals surface area contributed by atoms with Gasteiger partial charge in [0, 0.05) is 0 Å². The minimum atomic E-state index is -3.89. The Balaban J connectivity index is 1.78. The molecule has 0 aromatic heterocycles. The first-order valence-electron chi connectivity index (χ1n) is 8.91. The second-order valence-corrected chi connectivity index (χ2v) is 8.32. The van der Waals surface area contributed by atoms with Crippen LogP contribution in [0.25, 0.3) is 0 Å². The van der Waals surface area contributed by atoms with Gasteiger partial charge in [0.15, 0.2) is 0 Å². The molecule has 6 nitrogen and oxygen atoms in total. The van der Waals surface area contributed by atoms with Crippen LogP contribution >= 0.6 is 0 Å². The molecule has 0 unspecified atom stereocenters. The molecule has 29 heavy (non-hydrogen) atoms. The highest BCUT2D eigenvalue weighted by Crippen LogP contribution is 2.42. The first kappa shape index (κ1) is 18.5. The van der Waals surface area contributed by atoms with E-state index < -0.39 is 10.2 Å². The van der Waals surface area contributed by atoms with Gasteiger partial charge in [0.1, 0.15) is 0 Å². The van der Waals surface area contributed by atoms with Crippen molar-refractivity contribution in [2.75, 3.05) is 8.61 Å². The second-order valence-electron chi connectivity index (χ2n) is 6.55. The van der Waals surface area contributed by atoms with Gasteiger partial charge < -0.3 is 0 Å². The average molecular weight is 400 g/mol. The van der Waals surface area contributed by atoms with Crippen molar-refractivity contribution in [1.29, 1.82) is 10.5 Å². The van der Waals surface area contributed by atoms with Crippen molar-refractivity contribution in [3.8, 4) is 12.1 Å². The Morgan fingerprint density at radius 3 is 1.45 bits per heavy atom. The third kappa shape index (κ3) is 3.18. The molecule has 3 aromatic rings. The Morgan fingerprint density at radius 1 is 0.655 bits per heavy atom. The Morgan fingerprint density at radius 2 is 1.03 bits per heavy atom. The van der Waals surface area contributed by atoms with Gasteiger partial charge in [-0.1, -0.05) is 48.5 Å². The lowest BCUT2D eigenvalue weighted by molar-refractivity contribution is 0.588. The van der Waals surface area contributed by atoms with Crippen molar-refractivity contribution in [2.24, 2.45) is 0 Å². The van der Waals surface area contributed by atoms with Crippen molar-refractivity contribution < 1.29 is 8.42 Å². The zero-order chi connectivity index (χ0) is 20.4. The highest BCUT2D eigenvalue weighted by Gasteiger charge is 2.40. The topological polar surface area (TPSA) is 88.2 Å². The number of para-hydroxylation sites is 2. The Kier molecular flexibility index (Phi) is 4.67. The average Bonchev–Trinajstić information content (AvgIpc) is 2.96. The van der Waals surface area contributed by atoms with Gasteiger partial charge in [-0.15, -0.1) is 0 Å². The van der Waals surface area contributed by atoms with Crippen LogP contribution in [0.3, 0.4) is 0 Å². The van der Waals surface area contributed by atoms with Gasteiger partial charge in [0.05, 0.1) is 47.7 Å². The van der Waals surface area contributed by atoms with E-state index in [1.807, 2.05) is 0 Å². The molecular weight excluding hydrogens is 384 g/mol. The molecule has 0 aliphatic carbocycles. The van der Waals surface area contributed by atoms with Crippen LogP contribution in [-0.4, -0.2) is 8.42 Å². The van der Waals surface area contributed by atoms with E-state index in [9.17, 15) is 18.9 Å². The van der Waals surface area contributed by atoms with E-state index in [0.717, 1.165) is 0 Å². The van der Waals surface area contributed by atoms with E-state index in [-0.39, 0.29) is 13.1 Å². The lowest BCUT2D eigenvalue weighted by Crippen LogP contribution is -2.37. The number of anilines is 2. The molecule has 0 spiro atoms. The van der Waals surface area contributed by atoms with Crippen molar-refractivity contribution in [3.63, 3.8) is 0 Å². The first-order chi connectivity index (χ1) is 14.1. The van der Waals surface area contributed by atoms with E-state index in [1.54, 1.807) is 72.8 Å². The van der Waals surface area contributed by atoms with Gasteiger partial charge in [-0.3, -0.25) is 0 Å². The van der Waals surface area contributed by atoms with Gasteiger partial charge in [-0.2, -0.15) is 18.9 Å². The lowest BCUT2D eigenvalue weighted by Gasteiger charge is -2.22. The summed E-state index contributed by atoms with van der Waals surface area (Å²) < 4.78 is 29.5. The van der Waals surface area contributed by atoms with E-state index >= 15 is 0 Å². The quantitative estimate of drug-likeness (QED) is 0.668. The molecule has 4 rings (SSSR count). The fraction of sp³-hybridized carbons (Fsp3) is 0.0909. The minimum absolute atomic E-state index is 0.0550. The van der Waals surface area contributed by atoms with E-state index in [0.29, 0.717) is 33.6 Å². The van der Waals surface area contributed by atoms with Gasteiger partial charge in [-0.05, 0) is 35.4 Å². The van der Waals surface area contributed by atoms with Crippen LogP contribution in [0.15, 0.2) is 72.8 Å². The molecule has 1 heterocycles. The summed E-state index contributed by atoms with van der Waals surface area (Å²) >= 11 is 0. The summed E-state index contributed by atoms with van der Waals surface area (Å²) in [5.41, 5.74) is 3.24. The molecule has 7 heteroatoms. The standard InChI is InChI=1S/C22H16N4O2S/c23-13-17-7-1-3-9-19(17)15-25-21-11-5-6-12-22(21)26(29(25,27)28)16-20-10-4-2-8-18(20)14-24/h1-12H,15-16H2. The largest absolute Gasteiger partial charge is 0.327 e. The fourth-order valence-corrected chi connectivity index (χ4v) is 5.08. The molecule has 142 valence electrons. The maximum Gasteiger partial charge on any atom is 0.327 e. The van der Waals surface area contributed by atoms with Crippen LogP contribution in [-0.2, 0) is 23.3 Å². The van der Waals surface area contributed by atoms with Gasteiger partial charge in [-0.25, -0.2) is 8.61 Å².